The maximum atomic E-state index is 11.9. The predicted molar refractivity (Wildman–Crippen MR) is 131 cm³/mol. The Kier molecular flexibility index (Phi) is 7.04. The molecule has 4 heteroatoms. The maximum absolute atomic E-state index is 11.9. The van der Waals surface area contributed by atoms with Gasteiger partial charge >= 0.3 is 5.97 Å². The average molecular weight is 463 g/mol. The maximum Gasteiger partial charge on any atom is 0.302 e. The third-order valence-corrected chi connectivity index (χ3v) is 11.3. The van der Waals surface area contributed by atoms with Crippen LogP contribution in [0.4, 0.5) is 0 Å². The Morgan fingerprint density at radius 3 is 2.42 bits per heavy atom. The largest absolute Gasteiger partial charge is 0.462 e. The molecule has 0 amide bonds. The molecule has 0 aromatic heterocycles. The van der Waals surface area contributed by atoms with E-state index in [-0.39, 0.29) is 17.5 Å². The quantitative estimate of drug-likeness (QED) is 0.466. The number of ether oxygens (including phenoxy) is 1. The zero-order valence-electron chi connectivity index (χ0n) is 22.1. The van der Waals surface area contributed by atoms with E-state index in [4.69, 9.17) is 4.74 Å². The Balaban J connectivity index is 1.51. The van der Waals surface area contributed by atoms with Gasteiger partial charge in [0, 0.05) is 18.8 Å². The topological polar surface area (TPSA) is 66.8 Å². The number of aliphatic hydroxyl groups is 2. The zero-order chi connectivity index (χ0) is 24.2. The van der Waals surface area contributed by atoms with Crippen molar-refractivity contribution < 1.29 is 19.7 Å². The highest BCUT2D eigenvalue weighted by molar-refractivity contribution is 5.66. The van der Waals surface area contributed by atoms with Gasteiger partial charge in [-0.1, -0.05) is 53.9 Å². The molecule has 4 fully saturated rings. The lowest BCUT2D eigenvalue weighted by Gasteiger charge is -2.65. The molecule has 0 radical (unpaired) electrons. The smallest absolute Gasteiger partial charge is 0.302 e. The van der Waals surface area contributed by atoms with Crippen LogP contribution in [0.1, 0.15) is 112 Å². The van der Waals surface area contributed by atoms with Gasteiger partial charge in [0.05, 0.1) is 11.7 Å². The van der Waals surface area contributed by atoms with E-state index < -0.39 is 11.7 Å². The van der Waals surface area contributed by atoms with E-state index in [1.54, 1.807) is 0 Å². The molecule has 0 saturated heterocycles. The fraction of sp³-hybridized carbons (Fsp3) is 0.966. The monoisotopic (exact) mass is 462 g/mol. The molecule has 33 heavy (non-hydrogen) atoms. The molecule has 4 rings (SSSR count). The van der Waals surface area contributed by atoms with Gasteiger partial charge in [0.2, 0.25) is 0 Å². The molecule has 10 atom stereocenters. The third kappa shape index (κ3) is 4.20. The van der Waals surface area contributed by atoms with Crippen LogP contribution in [0.2, 0.25) is 0 Å². The van der Waals surface area contributed by atoms with Crippen molar-refractivity contribution in [3.63, 3.8) is 0 Å². The van der Waals surface area contributed by atoms with Gasteiger partial charge in [0.15, 0.2) is 0 Å². The zero-order valence-corrected chi connectivity index (χ0v) is 22.1. The highest BCUT2D eigenvalue weighted by atomic mass is 16.5. The van der Waals surface area contributed by atoms with E-state index in [2.05, 4.69) is 34.6 Å². The highest BCUT2D eigenvalue weighted by Gasteiger charge is 2.67. The van der Waals surface area contributed by atoms with E-state index in [1.165, 1.54) is 45.4 Å². The van der Waals surface area contributed by atoms with Crippen LogP contribution in [0.15, 0.2) is 0 Å². The van der Waals surface area contributed by atoms with Crippen LogP contribution in [-0.4, -0.2) is 34.0 Å². The number of hydrogen-bond acceptors (Lipinski definition) is 4. The number of aliphatic hydroxyl groups excluding tert-OH is 1. The Morgan fingerprint density at radius 2 is 1.76 bits per heavy atom. The van der Waals surface area contributed by atoms with Crippen LogP contribution >= 0.6 is 0 Å². The summed E-state index contributed by atoms with van der Waals surface area (Å²) in [4.78, 5) is 11.5. The summed E-state index contributed by atoms with van der Waals surface area (Å²) < 4.78 is 5.50. The van der Waals surface area contributed by atoms with E-state index in [1.807, 2.05) is 0 Å². The van der Waals surface area contributed by atoms with Crippen molar-refractivity contribution in [3.8, 4) is 0 Å². The van der Waals surface area contributed by atoms with E-state index in [0.717, 1.165) is 37.0 Å². The summed E-state index contributed by atoms with van der Waals surface area (Å²) >= 11 is 0. The molecule has 0 aliphatic heterocycles. The van der Waals surface area contributed by atoms with E-state index in [0.29, 0.717) is 36.0 Å². The summed E-state index contributed by atoms with van der Waals surface area (Å²) in [6, 6.07) is 0. The second kappa shape index (κ2) is 9.12. The lowest BCUT2D eigenvalue weighted by atomic mass is 9.42. The molecule has 4 aliphatic rings. The van der Waals surface area contributed by atoms with Crippen molar-refractivity contribution >= 4 is 5.97 Å². The minimum absolute atomic E-state index is 0.275. The minimum Gasteiger partial charge on any atom is -0.462 e. The molecule has 4 nitrogen and oxygen atoms in total. The molecular weight excluding hydrogens is 412 g/mol. The molecular formula is C29H50O4. The Bertz CT molecular complexity index is 720. The van der Waals surface area contributed by atoms with Gasteiger partial charge in [-0.15, -0.1) is 0 Å². The van der Waals surface area contributed by atoms with Crippen LogP contribution < -0.4 is 0 Å². The van der Waals surface area contributed by atoms with Gasteiger partial charge in [-0.25, -0.2) is 0 Å². The van der Waals surface area contributed by atoms with Crippen molar-refractivity contribution in [2.45, 2.75) is 130 Å². The van der Waals surface area contributed by atoms with Crippen molar-refractivity contribution in [1.29, 1.82) is 0 Å². The third-order valence-electron chi connectivity index (χ3n) is 11.3. The summed E-state index contributed by atoms with van der Waals surface area (Å²) in [5, 5.41) is 23.3. The molecule has 0 spiro atoms. The van der Waals surface area contributed by atoms with E-state index in [9.17, 15) is 15.0 Å². The molecule has 4 saturated carbocycles. The lowest BCUT2D eigenvalue weighted by molar-refractivity contribution is -0.266. The molecule has 0 unspecified atom stereocenters. The summed E-state index contributed by atoms with van der Waals surface area (Å²) in [7, 11) is 0. The van der Waals surface area contributed by atoms with Gasteiger partial charge in [-0.05, 0) is 85.9 Å². The van der Waals surface area contributed by atoms with Crippen LogP contribution in [-0.2, 0) is 9.53 Å². The van der Waals surface area contributed by atoms with Gasteiger partial charge in [0.1, 0.15) is 6.10 Å². The van der Waals surface area contributed by atoms with Crippen LogP contribution in [0, 0.1) is 46.3 Å². The number of esters is 1. The van der Waals surface area contributed by atoms with Gasteiger partial charge in [-0.2, -0.15) is 0 Å². The molecule has 2 N–H and O–H groups in total. The molecule has 0 aromatic rings. The summed E-state index contributed by atoms with van der Waals surface area (Å²) in [6.07, 6.45) is 10.8. The first-order valence-corrected chi connectivity index (χ1v) is 14.0. The number of carbonyl (C=O) groups excluding carboxylic acids is 1. The SMILES string of the molecule is CC(=O)O[C@H]1CC[C@]2(C)[C@H]3CC[C@]4(C)[C@@H]([C@@H](C)CCCC(C)C)CC[C@H]4[C@@H]3C[C@H](O)[C@@]2(O)C1. The lowest BCUT2D eigenvalue weighted by Crippen LogP contribution is -2.68. The van der Waals surface area contributed by atoms with Gasteiger partial charge in [0.25, 0.3) is 0 Å². The van der Waals surface area contributed by atoms with Crippen molar-refractivity contribution in [2.24, 2.45) is 46.3 Å². The first kappa shape index (κ1) is 25.5. The standard InChI is InChI=1S/C29H50O4/c1-18(2)8-7-9-19(3)23-10-11-24-22-16-26(31)29(32)17-21(33-20(4)30)12-15-28(29,6)25(22)13-14-27(23,24)5/h18-19,21-26,31-32H,7-17H2,1-6H3/t19-,21-,22-,23+,24-,25-,26-,27+,28+,29-/m0/s1. The second-order valence-corrected chi connectivity index (χ2v) is 13.5. The van der Waals surface area contributed by atoms with Crippen molar-refractivity contribution in [1.82, 2.24) is 0 Å². The fourth-order valence-corrected chi connectivity index (χ4v) is 9.60. The number of hydrogen-bond donors (Lipinski definition) is 2. The minimum atomic E-state index is -1.15. The first-order chi connectivity index (χ1) is 15.4. The van der Waals surface area contributed by atoms with Crippen LogP contribution in [0.3, 0.4) is 0 Å². The Hall–Kier alpha value is -0.610. The first-order valence-electron chi connectivity index (χ1n) is 14.0. The molecule has 0 heterocycles. The van der Waals surface area contributed by atoms with Crippen molar-refractivity contribution in [3.05, 3.63) is 0 Å². The van der Waals surface area contributed by atoms with E-state index >= 15 is 0 Å². The summed E-state index contributed by atoms with van der Waals surface area (Å²) in [6.45, 7) is 13.4. The Morgan fingerprint density at radius 1 is 1.03 bits per heavy atom. The predicted octanol–water partition coefficient (Wildman–Crippen LogP) is 6.13. The highest BCUT2D eigenvalue weighted by Crippen LogP contribution is 2.69. The van der Waals surface area contributed by atoms with Gasteiger partial charge < -0.3 is 14.9 Å². The summed E-state index contributed by atoms with van der Waals surface area (Å²) in [5.74, 6) is 3.69. The number of fused-ring (bicyclic) bond motifs is 5. The molecule has 0 aromatic carbocycles. The molecule has 0 bridgehead atoms. The summed E-state index contributed by atoms with van der Waals surface area (Å²) in [5.41, 5.74) is -1.07. The number of carbonyl (C=O) groups is 1. The number of rotatable bonds is 6. The average Bonchev–Trinajstić information content (AvgIpc) is 3.07. The van der Waals surface area contributed by atoms with Crippen molar-refractivity contribution in [2.75, 3.05) is 0 Å². The second-order valence-electron chi connectivity index (χ2n) is 13.5. The van der Waals surface area contributed by atoms with Crippen LogP contribution in [0.25, 0.3) is 0 Å². The van der Waals surface area contributed by atoms with Crippen LogP contribution in [0.5, 0.6) is 0 Å². The molecule has 190 valence electrons. The normalized spacial score (nSPS) is 48.0. The van der Waals surface area contributed by atoms with Gasteiger partial charge in [-0.3, -0.25) is 4.79 Å². The molecule has 4 aliphatic carbocycles. The fourth-order valence-electron chi connectivity index (χ4n) is 9.60. The Labute approximate surface area is 202 Å².